The zero-order valence-electron chi connectivity index (χ0n) is 16.8. The number of carbonyl (C=O) groups is 1. The number of pyridine rings is 1. The second-order valence-corrected chi connectivity index (χ2v) is 7.71. The summed E-state index contributed by atoms with van der Waals surface area (Å²) in [6, 6.07) is 4.09. The van der Waals surface area contributed by atoms with Crippen molar-refractivity contribution >= 4 is 18.1 Å². The van der Waals surface area contributed by atoms with Crippen molar-refractivity contribution in [3.63, 3.8) is 0 Å². The van der Waals surface area contributed by atoms with Gasteiger partial charge in [-0.15, -0.1) is 0 Å². The van der Waals surface area contributed by atoms with Crippen molar-refractivity contribution in [3.8, 4) is 11.4 Å². The molecule has 28 heavy (non-hydrogen) atoms. The van der Waals surface area contributed by atoms with Gasteiger partial charge in [0.15, 0.2) is 10.6 Å². The van der Waals surface area contributed by atoms with Crippen LogP contribution in [0.2, 0.25) is 0 Å². The number of aromatic nitrogens is 4. The highest BCUT2D eigenvalue weighted by atomic mass is 32.1. The first-order chi connectivity index (χ1) is 13.5. The second kappa shape index (κ2) is 9.40. The van der Waals surface area contributed by atoms with Gasteiger partial charge in [-0.05, 0) is 45.1 Å². The molecule has 1 fully saturated rings. The van der Waals surface area contributed by atoms with Crippen molar-refractivity contribution in [1.82, 2.24) is 34.4 Å². The van der Waals surface area contributed by atoms with Crippen LogP contribution in [0.5, 0.6) is 0 Å². The number of nitrogens with one attached hydrogen (secondary N) is 1. The molecule has 2 aromatic heterocycles. The minimum Gasteiger partial charge on any atom is -0.353 e. The molecule has 1 aliphatic heterocycles. The predicted molar refractivity (Wildman–Crippen MR) is 111 cm³/mol. The van der Waals surface area contributed by atoms with Crippen molar-refractivity contribution < 1.29 is 4.79 Å². The highest BCUT2D eigenvalue weighted by Gasteiger charge is 2.21. The van der Waals surface area contributed by atoms with Gasteiger partial charge in [-0.2, -0.15) is 5.10 Å². The standard InChI is InChI=1S/C19H29N7OS/c1-4-25-18(16-5-7-20-8-6-16)22-26(19(25)28)14-24-11-9-23(10-12-24)13-17(27)21-15(2)3/h5-8,15H,4,9-14H2,1-3H3,(H,21,27). The molecule has 9 heteroatoms. The fourth-order valence-corrected chi connectivity index (χ4v) is 3.70. The Morgan fingerprint density at radius 2 is 1.82 bits per heavy atom. The molecule has 0 aromatic carbocycles. The van der Waals surface area contributed by atoms with Gasteiger partial charge in [0, 0.05) is 56.7 Å². The Bertz CT molecular complexity index is 838. The number of amides is 1. The molecule has 0 radical (unpaired) electrons. The molecular weight excluding hydrogens is 374 g/mol. The van der Waals surface area contributed by atoms with E-state index in [0.29, 0.717) is 13.2 Å². The summed E-state index contributed by atoms with van der Waals surface area (Å²) in [4.78, 5) is 20.6. The van der Waals surface area contributed by atoms with Crippen molar-refractivity contribution in [1.29, 1.82) is 0 Å². The summed E-state index contributed by atoms with van der Waals surface area (Å²) < 4.78 is 4.68. The van der Waals surface area contributed by atoms with Crippen LogP contribution in [0.1, 0.15) is 20.8 Å². The fourth-order valence-electron chi connectivity index (χ4n) is 3.38. The van der Waals surface area contributed by atoms with E-state index in [-0.39, 0.29) is 11.9 Å². The van der Waals surface area contributed by atoms with Crippen LogP contribution < -0.4 is 5.32 Å². The number of hydrogen-bond acceptors (Lipinski definition) is 6. The quantitative estimate of drug-likeness (QED) is 0.708. The van der Waals surface area contributed by atoms with E-state index in [2.05, 4.69) is 31.6 Å². The van der Waals surface area contributed by atoms with Crippen molar-refractivity contribution in [2.24, 2.45) is 0 Å². The van der Waals surface area contributed by atoms with Gasteiger partial charge < -0.3 is 9.88 Å². The Morgan fingerprint density at radius 1 is 1.18 bits per heavy atom. The van der Waals surface area contributed by atoms with E-state index in [0.717, 1.165) is 48.9 Å². The summed E-state index contributed by atoms with van der Waals surface area (Å²) in [5.41, 5.74) is 1.02. The van der Waals surface area contributed by atoms with Gasteiger partial charge >= 0.3 is 0 Å². The molecule has 0 spiro atoms. The van der Waals surface area contributed by atoms with Crippen LogP contribution in [0.4, 0.5) is 0 Å². The molecule has 0 bridgehead atoms. The summed E-state index contributed by atoms with van der Waals surface area (Å²) in [5.74, 6) is 0.966. The van der Waals surface area contributed by atoms with E-state index in [9.17, 15) is 4.79 Å². The number of carbonyl (C=O) groups excluding carboxylic acids is 1. The van der Waals surface area contributed by atoms with Crippen LogP contribution in [0.3, 0.4) is 0 Å². The van der Waals surface area contributed by atoms with E-state index in [1.54, 1.807) is 12.4 Å². The molecule has 1 N–H and O–H groups in total. The maximum Gasteiger partial charge on any atom is 0.234 e. The predicted octanol–water partition coefficient (Wildman–Crippen LogP) is 1.60. The zero-order chi connectivity index (χ0) is 20.1. The van der Waals surface area contributed by atoms with Gasteiger partial charge in [-0.1, -0.05) is 0 Å². The highest BCUT2D eigenvalue weighted by molar-refractivity contribution is 7.71. The molecule has 1 amide bonds. The minimum atomic E-state index is 0.0920. The molecule has 8 nitrogen and oxygen atoms in total. The molecule has 0 atom stereocenters. The second-order valence-electron chi connectivity index (χ2n) is 7.34. The van der Waals surface area contributed by atoms with E-state index in [1.165, 1.54) is 0 Å². The number of rotatable bonds is 7. The third kappa shape index (κ3) is 5.03. The molecule has 0 saturated carbocycles. The van der Waals surface area contributed by atoms with Crippen LogP contribution in [0, 0.1) is 4.77 Å². The average molecular weight is 404 g/mol. The molecular formula is C19H29N7OS. The number of piperazine rings is 1. The molecule has 0 unspecified atom stereocenters. The molecule has 0 aliphatic carbocycles. The number of hydrogen-bond donors (Lipinski definition) is 1. The molecule has 2 aromatic rings. The van der Waals surface area contributed by atoms with E-state index in [4.69, 9.17) is 17.3 Å². The van der Waals surface area contributed by atoms with E-state index < -0.39 is 0 Å². The normalized spacial score (nSPS) is 15.9. The molecule has 3 rings (SSSR count). The van der Waals surface area contributed by atoms with E-state index in [1.807, 2.05) is 30.7 Å². The lowest BCUT2D eigenvalue weighted by atomic mass is 10.2. The van der Waals surface area contributed by atoms with Gasteiger partial charge in [-0.25, -0.2) is 4.68 Å². The summed E-state index contributed by atoms with van der Waals surface area (Å²) >= 11 is 5.66. The van der Waals surface area contributed by atoms with Gasteiger partial charge in [0.1, 0.15) is 0 Å². The maximum atomic E-state index is 11.9. The zero-order valence-corrected chi connectivity index (χ0v) is 17.7. The summed E-state index contributed by atoms with van der Waals surface area (Å²) in [6.45, 7) is 11.4. The van der Waals surface area contributed by atoms with E-state index >= 15 is 0 Å². The first-order valence-electron chi connectivity index (χ1n) is 9.80. The molecule has 1 saturated heterocycles. The topological polar surface area (TPSA) is 71.2 Å². The molecule has 1 aliphatic rings. The van der Waals surface area contributed by atoms with Crippen LogP contribution in [-0.4, -0.2) is 73.8 Å². The minimum absolute atomic E-state index is 0.0920. The lowest BCUT2D eigenvalue weighted by Crippen LogP contribution is -2.50. The van der Waals surface area contributed by atoms with Crippen LogP contribution in [0.25, 0.3) is 11.4 Å². The van der Waals surface area contributed by atoms with Gasteiger partial charge in [0.25, 0.3) is 0 Å². The van der Waals surface area contributed by atoms with Gasteiger partial charge in [0.2, 0.25) is 5.91 Å². The lowest BCUT2D eigenvalue weighted by Gasteiger charge is -2.34. The van der Waals surface area contributed by atoms with Crippen LogP contribution in [-0.2, 0) is 18.0 Å². The summed E-state index contributed by atoms with van der Waals surface area (Å²) in [5, 5.41) is 7.72. The fraction of sp³-hybridized carbons (Fsp3) is 0.579. The maximum absolute atomic E-state index is 11.9. The van der Waals surface area contributed by atoms with Gasteiger partial charge in [0.05, 0.1) is 13.2 Å². The third-order valence-corrected chi connectivity index (χ3v) is 5.22. The first-order valence-corrected chi connectivity index (χ1v) is 10.2. The Hall–Kier alpha value is -2.10. The third-order valence-electron chi connectivity index (χ3n) is 4.79. The summed E-state index contributed by atoms with van der Waals surface area (Å²) in [6.07, 6.45) is 3.54. The smallest absolute Gasteiger partial charge is 0.234 e. The van der Waals surface area contributed by atoms with Gasteiger partial charge in [-0.3, -0.25) is 19.6 Å². The Labute approximate surface area is 171 Å². The monoisotopic (exact) mass is 403 g/mol. The Kier molecular flexibility index (Phi) is 6.93. The average Bonchev–Trinajstić information content (AvgIpc) is 2.99. The number of nitrogens with zero attached hydrogens (tertiary/aromatic N) is 6. The van der Waals surface area contributed by atoms with Crippen molar-refractivity contribution in [2.75, 3.05) is 32.7 Å². The summed E-state index contributed by atoms with van der Waals surface area (Å²) in [7, 11) is 0. The Balaban J connectivity index is 1.62. The highest BCUT2D eigenvalue weighted by Crippen LogP contribution is 2.18. The first kappa shape index (κ1) is 20.6. The van der Waals surface area contributed by atoms with Crippen molar-refractivity contribution in [3.05, 3.63) is 29.3 Å². The molecule has 3 heterocycles. The van der Waals surface area contributed by atoms with Crippen molar-refractivity contribution in [2.45, 2.75) is 40.0 Å². The Morgan fingerprint density at radius 3 is 2.43 bits per heavy atom. The SMILES string of the molecule is CCn1c(-c2ccncc2)nn(CN2CCN(CC(=O)NC(C)C)CC2)c1=S. The van der Waals surface area contributed by atoms with Crippen LogP contribution in [0.15, 0.2) is 24.5 Å². The lowest BCUT2D eigenvalue weighted by molar-refractivity contribution is -0.123. The van der Waals surface area contributed by atoms with Crippen LogP contribution >= 0.6 is 12.2 Å². The molecule has 152 valence electrons. The largest absolute Gasteiger partial charge is 0.353 e.